The van der Waals surface area contributed by atoms with Crippen LogP contribution < -0.4 is 10.5 Å². The molecule has 2 N–H and O–H groups in total. The Morgan fingerprint density at radius 2 is 1.92 bits per heavy atom. The average molecular weight is 342 g/mol. The number of nitrogens with two attached hydrogens (primary N) is 1. The highest BCUT2D eigenvalue weighted by Crippen LogP contribution is 2.36. The van der Waals surface area contributed by atoms with Crippen LogP contribution in [0, 0.1) is 5.82 Å². The van der Waals surface area contributed by atoms with Gasteiger partial charge in [0.1, 0.15) is 11.6 Å². The minimum atomic E-state index is -0.933. The molecule has 3 rings (SSSR count). The number of methoxy groups -OCH3 is 1. The fourth-order valence-corrected chi connectivity index (χ4v) is 3.34. The van der Waals surface area contributed by atoms with Crippen molar-refractivity contribution in [2.45, 2.75) is 11.8 Å². The molecule has 2 aromatic rings. The third-order valence-corrected chi connectivity index (χ3v) is 4.75. The van der Waals surface area contributed by atoms with E-state index in [4.69, 9.17) is 10.5 Å². The number of amides is 2. The van der Waals surface area contributed by atoms with Crippen LogP contribution in [0.1, 0.15) is 22.3 Å². The summed E-state index contributed by atoms with van der Waals surface area (Å²) in [5.74, 6) is -1.08. The van der Waals surface area contributed by atoms with Crippen molar-refractivity contribution in [2.75, 3.05) is 20.2 Å². The van der Waals surface area contributed by atoms with Crippen molar-refractivity contribution in [3.63, 3.8) is 0 Å². The summed E-state index contributed by atoms with van der Waals surface area (Å²) in [6, 6.07) is 13.0. The lowest BCUT2D eigenvalue weighted by Gasteiger charge is -2.26. The van der Waals surface area contributed by atoms with E-state index in [1.807, 2.05) is 30.3 Å². The van der Waals surface area contributed by atoms with Crippen molar-refractivity contribution in [1.82, 2.24) is 4.90 Å². The second-order valence-corrected chi connectivity index (χ2v) is 6.13. The Morgan fingerprint density at radius 1 is 1.20 bits per heavy atom. The van der Waals surface area contributed by atoms with E-state index in [2.05, 4.69) is 0 Å². The van der Waals surface area contributed by atoms with Crippen molar-refractivity contribution in [1.29, 1.82) is 0 Å². The van der Waals surface area contributed by atoms with Crippen LogP contribution >= 0.6 is 0 Å². The molecule has 0 bridgehead atoms. The summed E-state index contributed by atoms with van der Waals surface area (Å²) >= 11 is 0. The van der Waals surface area contributed by atoms with E-state index in [9.17, 15) is 14.0 Å². The lowest BCUT2D eigenvalue weighted by atomic mass is 9.79. The molecule has 1 aliphatic heterocycles. The fourth-order valence-electron chi connectivity index (χ4n) is 3.34. The van der Waals surface area contributed by atoms with E-state index in [1.165, 1.54) is 24.1 Å². The standard InChI is InChI=1S/C19H19FN2O3/c1-25-16-8-7-14(20)11-15(16)17(23)22-10-9-19(12-22,18(21)24)13-5-3-2-4-6-13/h2-8,11H,9-10,12H2,1H3,(H2,21,24). The number of carbonyl (C=O) groups excluding carboxylic acids is 2. The lowest BCUT2D eigenvalue weighted by Crippen LogP contribution is -2.44. The summed E-state index contributed by atoms with van der Waals surface area (Å²) < 4.78 is 18.7. The average Bonchev–Trinajstić information content (AvgIpc) is 3.08. The maximum atomic E-state index is 13.6. The molecule has 130 valence electrons. The third-order valence-electron chi connectivity index (χ3n) is 4.75. The van der Waals surface area contributed by atoms with Gasteiger partial charge in [0.05, 0.1) is 18.1 Å². The quantitative estimate of drug-likeness (QED) is 0.925. The van der Waals surface area contributed by atoms with Gasteiger partial charge in [-0.1, -0.05) is 30.3 Å². The molecule has 2 amide bonds. The van der Waals surface area contributed by atoms with Crippen molar-refractivity contribution in [3.05, 3.63) is 65.5 Å². The fraction of sp³-hybridized carbons (Fsp3) is 0.263. The number of halogens is 1. The number of likely N-dealkylation sites (tertiary alicyclic amines) is 1. The number of hydrogen-bond donors (Lipinski definition) is 1. The minimum absolute atomic E-state index is 0.135. The monoisotopic (exact) mass is 342 g/mol. The van der Waals surface area contributed by atoms with Crippen LogP contribution in [0.3, 0.4) is 0 Å². The SMILES string of the molecule is COc1ccc(F)cc1C(=O)N1CCC(C(N)=O)(c2ccccc2)C1. The molecule has 0 spiro atoms. The lowest BCUT2D eigenvalue weighted by molar-refractivity contribution is -0.123. The number of hydrogen-bond acceptors (Lipinski definition) is 3. The summed E-state index contributed by atoms with van der Waals surface area (Å²) in [5, 5.41) is 0. The third kappa shape index (κ3) is 2.95. The van der Waals surface area contributed by atoms with Crippen molar-refractivity contribution in [2.24, 2.45) is 5.73 Å². The summed E-state index contributed by atoms with van der Waals surface area (Å²) in [7, 11) is 1.42. The van der Waals surface area contributed by atoms with Gasteiger partial charge in [0.15, 0.2) is 0 Å². The number of ether oxygens (including phenoxy) is 1. The Balaban J connectivity index is 1.93. The molecule has 1 saturated heterocycles. The van der Waals surface area contributed by atoms with E-state index >= 15 is 0 Å². The van der Waals surface area contributed by atoms with Crippen LogP contribution in [-0.4, -0.2) is 36.9 Å². The highest BCUT2D eigenvalue weighted by Gasteiger charge is 2.46. The zero-order chi connectivity index (χ0) is 18.0. The molecule has 1 aliphatic rings. The van der Waals surface area contributed by atoms with Crippen molar-refractivity contribution in [3.8, 4) is 5.75 Å². The van der Waals surface area contributed by atoms with Gasteiger partial charge in [0, 0.05) is 13.1 Å². The second-order valence-electron chi connectivity index (χ2n) is 6.13. The predicted molar refractivity (Wildman–Crippen MR) is 90.8 cm³/mol. The molecule has 25 heavy (non-hydrogen) atoms. The molecule has 1 unspecified atom stereocenters. The van der Waals surface area contributed by atoms with Gasteiger partial charge in [-0.05, 0) is 30.2 Å². The van der Waals surface area contributed by atoms with Gasteiger partial charge in [0.2, 0.25) is 5.91 Å². The Bertz CT molecular complexity index is 810. The summed E-state index contributed by atoms with van der Waals surface area (Å²) in [6.07, 6.45) is 0.426. The molecule has 0 aliphatic carbocycles. The summed E-state index contributed by atoms with van der Waals surface area (Å²) in [5.41, 5.74) is 5.67. The largest absolute Gasteiger partial charge is 0.496 e. The van der Waals surface area contributed by atoms with E-state index in [-0.39, 0.29) is 18.0 Å². The maximum Gasteiger partial charge on any atom is 0.257 e. The van der Waals surface area contributed by atoms with E-state index in [1.54, 1.807) is 0 Å². The summed E-state index contributed by atoms with van der Waals surface area (Å²) in [6.45, 7) is 0.515. The first-order valence-electron chi connectivity index (χ1n) is 7.96. The number of primary amides is 1. The highest BCUT2D eigenvalue weighted by atomic mass is 19.1. The molecular weight excluding hydrogens is 323 g/mol. The van der Waals surface area contributed by atoms with Crippen LogP contribution in [0.2, 0.25) is 0 Å². The molecule has 2 aromatic carbocycles. The zero-order valence-electron chi connectivity index (χ0n) is 13.9. The molecule has 0 aromatic heterocycles. The number of rotatable bonds is 4. The first-order valence-corrected chi connectivity index (χ1v) is 7.96. The molecule has 1 fully saturated rings. The molecule has 6 heteroatoms. The molecule has 1 heterocycles. The Hall–Kier alpha value is -2.89. The highest BCUT2D eigenvalue weighted by molar-refractivity contribution is 5.98. The Morgan fingerprint density at radius 3 is 2.56 bits per heavy atom. The maximum absolute atomic E-state index is 13.6. The van der Waals surface area contributed by atoms with E-state index in [0.717, 1.165) is 11.6 Å². The van der Waals surface area contributed by atoms with Gasteiger partial charge in [-0.3, -0.25) is 9.59 Å². The topological polar surface area (TPSA) is 72.6 Å². The van der Waals surface area contributed by atoms with Gasteiger partial charge in [-0.25, -0.2) is 4.39 Å². The van der Waals surface area contributed by atoms with Crippen LogP contribution in [0.5, 0.6) is 5.75 Å². The zero-order valence-corrected chi connectivity index (χ0v) is 13.9. The van der Waals surface area contributed by atoms with Crippen LogP contribution in [0.4, 0.5) is 4.39 Å². The van der Waals surface area contributed by atoms with Gasteiger partial charge in [-0.2, -0.15) is 0 Å². The Kier molecular flexibility index (Phi) is 4.44. The van der Waals surface area contributed by atoms with Gasteiger partial charge in [-0.15, -0.1) is 0 Å². The molecule has 0 radical (unpaired) electrons. The van der Waals surface area contributed by atoms with Crippen LogP contribution in [-0.2, 0) is 10.2 Å². The van der Waals surface area contributed by atoms with Crippen molar-refractivity contribution >= 4 is 11.8 Å². The molecule has 5 nitrogen and oxygen atoms in total. The Labute approximate surface area is 145 Å². The molecular formula is C19H19FN2O3. The van der Waals surface area contributed by atoms with Crippen LogP contribution in [0.15, 0.2) is 48.5 Å². The first kappa shape index (κ1) is 17.0. The van der Waals surface area contributed by atoms with Crippen LogP contribution in [0.25, 0.3) is 0 Å². The van der Waals surface area contributed by atoms with Gasteiger partial charge >= 0.3 is 0 Å². The normalized spacial score (nSPS) is 19.7. The number of benzene rings is 2. The van der Waals surface area contributed by atoms with Crippen molar-refractivity contribution < 1.29 is 18.7 Å². The smallest absolute Gasteiger partial charge is 0.257 e. The second kappa shape index (κ2) is 6.55. The number of carbonyl (C=O) groups is 2. The first-order chi connectivity index (χ1) is 12.0. The minimum Gasteiger partial charge on any atom is -0.496 e. The van der Waals surface area contributed by atoms with E-state index in [0.29, 0.717) is 18.7 Å². The van der Waals surface area contributed by atoms with Gasteiger partial charge in [0.25, 0.3) is 5.91 Å². The number of nitrogens with zero attached hydrogens (tertiary/aromatic N) is 1. The van der Waals surface area contributed by atoms with Gasteiger partial charge < -0.3 is 15.4 Å². The molecule has 1 atom stereocenters. The molecule has 0 saturated carbocycles. The predicted octanol–water partition coefficient (Wildman–Crippen LogP) is 2.10. The summed E-state index contributed by atoms with van der Waals surface area (Å²) in [4.78, 5) is 26.6. The van der Waals surface area contributed by atoms with E-state index < -0.39 is 17.1 Å².